The largest absolute Gasteiger partial charge is 0.376 e. The Morgan fingerprint density at radius 2 is 1.13 bits per heavy atom. The van der Waals surface area contributed by atoms with E-state index in [-0.39, 0.29) is 33.9 Å². The van der Waals surface area contributed by atoms with Gasteiger partial charge in [0.15, 0.2) is 0 Å². The van der Waals surface area contributed by atoms with E-state index < -0.39 is 0 Å². The van der Waals surface area contributed by atoms with Gasteiger partial charge in [0.2, 0.25) is 0 Å². The second-order valence-electron chi connectivity index (χ2n) is 25.2. The van der Waals surface area contributed by atoms with Crippen LogP contribution in [0.3, 0.4) is 0 Å². The summed E-state index contributed by atoms with van der Waals surface area (Å²) in [6, 6.07) is 53.6. The predicted molar refractivity (Wildman–Crippen MR) is 302 cm³/mol. The molecule has 5 aliphatic rings. The van der Waals surface area contributed by atoms with Crippen molar-refractivity contribution >= 4 is 82.5 Å². The lowest BCUT2D eigenvalue weighted by atomic mass is 9.44. The first-order chi connectivity index (χ1) is 33.3. The molecule has 4 heterocycles. The van der Waals surface area contributed by atoms with Gasteiger partial charge in [-0.05, 0) is 167 Å². The molecule has 4 heteroatoms. The van der Waals surface area contributed by atoms with Crippen LogP contribution in [0.1, 0.15) is 128 Å². The Hall–Kier alpha value is -6.36. The van der Waals surface area contributed by atoms with Crippen LogP contribution in [-0.4, -0.2) is 11.4 Å². The van der Waals surface area contributed by atoms with E-state index in [4.69, 9.17) is 0 Å². The average molecular weight is 923 g/mol. The summed E-state index contributed by atoms with van der Waals surface area (Å²) in [4.78, 5) is 2.76. The van der Waals surface area contributed by atoms with Crippen molar-refractivity contribution in [1.82, 2.24) is 4.57 Å². The summed E-state index contributed by atoms with van der Waals surface area (Å²) in [7, 11) is 0. The standard InChI is InChI=1S/C66H59BN2S/c1-62(2,3)36-20-22-37(23-21-36)69-56-34-51-43(44-30-52-53(32-49(44)66(51,10)11)64(6,7)27-26-63(52,4)5)29-45(56)40-24-25-41-46-28-42-38-16-12-14-18-48(38)65(8,9)50(42)33-55(46)68-57-31-47-39-17-13-15-19-58(39)70-59(47)35-54(57)67(69)60(40)61(41)68/h12-25,28-35H,26-27H2,1-11H3. The molecule has 0 spiro atoms. The van der Waals surface area contributed by atoms with E-state index in [1.807, 2.05) is 11.3 Å². The fourth-order valence-corrected chi connectivity index (χ4v) is 15.6. The molecular weight excluding hydrogens is 864 g/mol. The number of nitrogens with zero attached hydrogens (tertiary/aromatic N) is 2. The molecule has 0 saturated carbocycles. The van der Waals surface area contributed by atoms with Gasteiger partial charge in [-0.3, -0.25) is 0 Å². The van der Waals surface area contributed by atoms with Crippen LogP contribution in [0.4, 0.5) is 11.4 Å². The smallest absolute Gasteiger partial charge is 0.333 e. The van der Waals surface area contributed by atoms with E-state index in [1.165, 1.54) is 150 Å². The number of aromatic nitrogens is 1. The zero-order valence-corrected chi connectivity index (χ0v) is 43.3. The summed E-state index contributed by atoms with van der Waals surface area (Å²) >= 11 is 1.94. The van der Waals surface area contributed by atoms with Gasteiger partial charge in [0, 0.05) is 64.4 Å². The second-order valence-corrected chi connectivity index (χ2v) is 26.3. The zero-order valence-electron chi connectivity index (χ0n) is 42.5. The molecule has 0 amide bonds. The van der Waals surface area contributed by atoms with Gasteiger partial charge in [0.25, 0.3) is 0 Å². The molecule has 0 bridgehead atoms. The molecule has 10 aromatic rings. The number of rotatable bonds is 1. The van der Waals surface area contributed by atoms with Crippen molar-refractivity contribution in [3.63, 3.8) is 0 Å². The molecule has 2 aliphatic heterocycles. The summed E-state index contributed by atoms with van der Waals surface area (Å²) in [5.74, 6) is 0. The lowest BCUT2D eigenvalue weighted by Gasteiger charge is -2.42. The van der Waals surface area contributed by atoms with Crippen molar-refractivity contribution in [2.45, 2.75) is 116 Å². The fraction of sp³-hybridized carbons (Fsp3) is 0.273. The maximum atomic E-state index is 2.76. The lowest BCUT2D eigenvalue weighted by molar-refractivity contribution is 0.331. The molecule has 8 aromatic carbocycles. The van der Waals surface area contributed by atoms with Crippen LogP contribution in [0.15, 0.2) is 133 Å². The minimum absolute atomic E-state index is 0.0382. The Balaban J connectivity index is 1.08. The number of thiophene rings is 1. The highest BCUT2D eigenvalue weighted by atomic mass is 32.1. The third-order valence-corrected chi connectivity index (χ3v) is 19.7. The summed E-state index contributed by atoms with van der Waals surface area (Å²) in [6.07, 6.45) is 2.42. The van der Waals surface area contributed by atoms with Gasteiger partial charge in [0.05, 0.1) is 11.0 Å². The normalized spacial score (nSPS) is 17.9. The first-order valence-electron chi connectivity index (χ1n) is 25.8. The number of hydrogen-bond donors (Lipinski definition) is 0. The molecule has 2 nitrogen and oxygen atoms in total. The van der Waals surface area contributed by atoms with E-state index in [0.29, 0.717) is 0 Å². The van der Waals surface area contributed by atoms with Gasteiger partial charge in [-0.25, -0.2) is 0 Å². The van der Waals surface area contributed by atoms with E-state index in [0.717, 1.165) is 0 Å². The van der Waals surface area contributed by atoms with E-state index in [2.05, 4.69) is 219 Å². The minimum Gasteiger partial charge on any atom is -0.376 e. The summed E-state index contributed by atoms with van der Waals surface area (Å²) in [5.41, 5.74) is 27.7. The molecule has 0 fully saturated rings. The molecule has 0 saturated heterocycles. The van der Waals surface area contributed by atoms with Crippen molar-refractivity contribution in [2.75, 3.05) is 4.81 Å². The fourth-order valence-electron chi connectivity index (χ4n) is 14.5. The first-order valence-corrected chi connectivity index (χ1v) is 26.6. The highest BCUT2D eigenvalue weighted by Gasteiger charge is 2.48. The summed E-state index contributed by atoms with van der Waals surface area (Å²) in [5, 5.41) is 5.34. The van der Waals surface area contributed by atoms with Crippen LogP contribution < -0.4 is 15.7 Å². The molecule has 3 aliphatic carbocycles. The SMILES string of the molecule is CC(C)(C)c1ccc(N2B3c4cc5sc6ccccc6c5cc4-n4c5cc6c(cc5c5ccc(c3c54)-c3cc4c(cc32)C(C)(C)c2cc3c(cc2-4)C(C)(C)CCC3(C)C)-c2ccccc2C6(C)C)cc1. The summed E-state index contributed by atoms with van der Waals surface area (Å²) < 4.78 is 5.39. The van der Waals surface area contributed by atoms with Crippen LogP contribution in [0.25, 0.3) is 81.0 Å². The quantitative estimate of drug-likeness (QED) is 0.149. The van der Waals surface area contributed by atoms with Crippen molar-refractivity contribution in [2.24, 2.45) is 0 Å². The van der Waals surface area contributed by atoms with Gasteiger partial charge in [0.1, 0.15) is 0 Å². The highest BCUT2D eigenvalue weighted by Crippen LogP contribution is 2.58. The third-order valence-electron chi connectivity index (χ3n) is 18.6. The van der Waals surface area contributed by atoms with Gasteiger partial charge < -0.3 is 9.38 Å². The van der Waals surface area contributed by atoms with Crippen molar-refractivity contribution in [3.05, 3.63) is 172 Å². The minimum atomic E-state index is -0.175. The Morgan fingerprint density at radius 3 is 1.90 bits per heavy atom. The van der Waals surface area contributed by atoms with Crippen molar-refractivity contribution in [1.29, 1.82) is 0 Å². The van der Waals surface area contributed by atoms with E-state index in [1.54, 1.807) is 5.56 Å². The first kappa shape index (κ1) is 41.4. The maximum Gasteiger partial charge on any atom is 0.333 e. The summed E-state index contributed by atoms with van der Waals surface area (Å²) in [6.45, 7) is 26.6. The van der Waals surface area contributed by atoms with Crippen LogP contribution in [0.2, 0.25) is 0 Å². The van der Waals surface area contributed by atoms with Crippen molar-refractivity contribution in [3.8, 4) is 39.1 Å². The molecule has 2 aromatic heterocycles. The van der Waals surface area contributed by atoms with E-state index in [9.17, 15) is 0 Å². The average Bonchev–Trinajstić information content (AvgIpc) is 4.00. The molecule has 0 radical (unpaired) electrons. The molecule has 70 heavy (non-hydrogen) atoms. The highest BCUT2D eigenvalue weighted by molar-refractivity contribution is 7.26. The molecule has 0 N–H and O–H groups in total. The number of hydrogen-bond acceptors (Lipinski definition) is 2. The lowest BCUT2D eigenvalue weighted by Crippen LogP contribution is -2.60. The Bertz CT molecular complexity index is 4050. The van der Waals surface area contributed by atoms with Gasteiger partial charge in [-0.1, -0.05) is 149 Å². The molecule has 15 rings (SSSR count). The Kier molecular flexibility index (Phi) is 7.66. The van der Waals surface area contributed by atoms with Crippen LogP contribution in [0.5, 0.6) is 0 Å². The number of fused-ring (bicyclic) bond motifs is 18. The predicted octanol–water partition coefficient (Wildman–Crippen LogP) is 16.6. The van der Waals surface area contributed by atoms with E-state index >= 15 is 0 Å². The van der Waals surface area contributed by atoms with Gasteiger partial charge in [-0.15, -0.1) is 11.3 Å². The number of anilines is 2. The zero-order chi connectivity index (χ0) is 47.9. The van der Waals surface area contributed by atoms with Crippen LogP contribution in [0, 0.1) is 0 Å². The Morgan fingerprint density at radius 1 is 0.471 bits per heavy atom. The molecule has 0 atom stereocenters. The molecule has 0 unspecified atom stereocenters. The molecule has 342 valence electrons. The second kappa shape index (κ2) is 12.9. The van der Waals surface area contributed by atoms with Crippen molar-refractivity contribution < 1.29 is 0 Å². The monoisotopic (exact) mass is 922 g/mol. The van der Waals surface area contributed by atoms with Crippen LogP contribution >= 0.6 is 11.3 Å². The Labute approximate surface area is 417 Å². The topological polar surface area (TPSA) is 8.17 Å². The van der Waals surface area contributed by atoms with Gasteiger partial charge >= 0.3 is 6.85 Å². The molecular formula is C66H59BN2S. The maximum absolute atomic E-state index is 2.76. The third kappa shape index (κ3) is 5.06. The number of benzene rings is 8. The van der Waals surface area contributed by atoms with Gasteiger partial charge in [-0.2, -0.15) is 0 Å². The van der Waals surface area contributed by atoms with Crippen LogP contribution in [-0.2, 0) is 27.1 Å².